The van der Waals surface area contributed by atoms with Crippen LogP contribution in [0.1, 0.15) is 12.8 Å². The average Bonchev–Trinajstić information content (AvgIpc) is 3.25. The number of carbonyl (C=O) groups is 1. The second kappa shape index (κ2) is 5.48. The maximum absolute atomic E-state index is 11.7. The second-order valence-corrected chi connectivity index (χ2v) is 4.82. The third-order valence-corrected chi connectivity index (χ3v) is 3.69. The van der Waals surface area contributed by atoms with Gasteiger partial charge in [-0.25, -0.2) is 0 Å². The van der Waals surface area contributed by atoms with Crippen LogP contribution in [0.5, 0.6) is 11.5 Å². The van der Waals surface area contributed by atoms with Gasteiger partial charge in [0.25, 0.3) is 0 Å². The molecule has 1 aliphatic carbocycles. The van der Waals surface area contributed by atoms with E-state index in [0.717, 1.165) is 18.6 Å². The van der Waals surface area contributed by atoms with E-state index in [1.165, 1.54) is 0 Å². The van der Waals surface area contributed by atoms with Crippen LogP contribution in [0.3, 0.4) is 0 Å². The topological polar surface area (TPSA) is 73.6 Å². The van der Waals surface area contributed by atoms with Gasteiger partial charge in [0.05, 0.1) is 7.11 Å². The highest BCUT2D eigenvalue weighted by atomic mass is 16.5. The molecule has 19 heavy (non-hydrogen) atoms. The smallest absolute Gasteiger partial charge is 0.241 e. The molecule has 1 aliphatic rings. The van der Waals surface area contributed by atoms with E-state index in [4.69, 9.17) is 15.2 Å². The highest BCUT2D eigenvalue weighted by Crippen LogP contribution is 2.39. The number of carbonyl (C=O) groups excluding carboxylic acids is 1. The summed E-state index contributed by atoms with van der Waals surface area (Å²) in [6, 6.07) is 7.26. The van der Waals surface area contributed by atoms with Gasteiger partial charge in [0.1, 0.15) is 23.6 Å². The van der Waals surface area contributed by atoms with E-state index in [9.17, 15) is 4.79 Å². The molecule has 0 saturated heterocycles. The van der Waals surface area contributed by atoms with Gasteiger partial charge in [-0.1, -0.05) is 0 Å². The van der Waals surface area contributed by atoms with Crippen LogP contribution in [0, 0.1) is 5.92 Å². The Labute approximate surface area is 113 Å². The first-order valence-electron chi connectivity index (χ1n) is 6.38. The zero-order chi connectivity index (χ0) is 13.9. The van der Waals surface area contributed by atoms with E-state index in [1.54, 1.807) is 14.2 Å². The third-order valence-electron chi connectivity index (χ3n) is 3.69. The van der Waals surface area contributed by atoms with Crippen molar-refractivity contribution < 1.29 is 14.3 Å². The van der Waals surface area contributed by atoms with Crippen LogP contribution in [-0.4, -0.2) is 32.2 Å². The molecule has 0 aromatic heterocycles. The second-order valence-electron chi connectivity index (χ2n) is 4.82. The third kappa shape index (κ3) is 2.81. The van der Waals surface area contributed by atoms with Crippen LogP contribution in [0.25, 0.3) is 0 Å². The minimum absolute atomic E-state index is 0.246. The molecule has 5 nitrogen and oxygen atoms in total. The fraction of sp³-hybridized carbons (Fsp3) is 0.500. The fourth-order valence-corrected chi connectivity index (χ4v) is 2.23. The van der Waals surface area contributed by atoms with Crippen molar-refractivity contribution in [3.63, 3.8) is 0 Å². The van der Waals surface area contributed by atoms with Crippen molar-refractivity contribution in [2.24, 2.45) is 11.7 Å². The predicted molar refractivity (Wildman–Crippen MR) is 72.2 cm³/mol. The highest BCUT2D eigenvalue weighted by Gasteiger charge is 2.49. The zero-order valence-electron chi connectivity index (χ0n) is 11.3. The van der Waals surface area contributed by atoms with E-state index in [1.807, 2.05) is 24.3 Å². The summed E-state index contributed by atoms with van der Waals surface area (Å²) in [6.45, 7) is 0.246. The van der Waals surface area contributed by atoms with Crippen LogP contribution in [-0.2, 0) is 4.79 Å². The molecule has 1 aromatic rings. The van der Waals surface area contributed by atoms with Gasteiger partial charge in [-0.05, 0) is 50.1 Å². The number of nitrogens with one attached hydrogen (secondary N) is 1. The summed E-state index contributed by atoms with van der Waals surface area (Å²) in [5.41, 5.74) is 4.77. The molecular weight excluding hydrogens is 244 g/mol. The monoisotopic (exact) mass is 264 g/mol. The first kappa shape index (κ1) is 13.7. The molecule has 1 saturated carbocycles. The number of primary amides is 1. The van der Waals surface area contributed by atoms with Crippen LogP contribution in [0.15, 0.2) is 24.3 Å². The standard InChI is InChI=1S/C14H20N2O3/c1-16-14(13(15)17,10-3-4-10)9-19-12-7-5-11(18-2)6-8-12/h5-8,10,16H,3-4,9H2,1-2H3,(H2,15,17). The van der Waals surface area contributed by atoms with Gasteiger partial charge in [0.15, 0.2) is 0 Å². The first-order chi connectivity index (χ1) is 9.12. The molecule has 0 bridgehead atoms. The number of nitrogens with two attached hydrogens (primary N) is 1. The molecule has 0 heterocycles. The van der Waals surface area contributed by atoms with Crippen molar-refractivity contribution in [1.29, 1.82) is 0 Å². The lowest BCUT2D eigenvalue weighted by Gasteiger charge is -2.30. The Hall–Kier alpha value is -1.75. The maximum atomic E-state index is 11.7. The highest BCUT2D eigenvalue weighted by molar-refractivity contribution is 5.85. The lowest BCUT2D eigenvalue weighted by Crippen LogP contribution is -2.59. The van der Waals surface area contributed by atoms with Crippen molar-refractivity contribution >= 4 is 5.91 Å². The summed E-state index contributed by atoms with van der Waals surface area (Å²) in [6.07, 6.45) is 2.02. The number of ether oxygens (including phenoxy) is 2. The molecule has 1 amide bonds. The number of hydrogen-bond donors (Lipinski definition) is 2. The van der Waals surface area contributed by atoms with Gasteiger partial charge in [0, 0.05) is 0 Å². The van der Waals surface area contributed by atoms with Gasteiger partial charge in [-0.15, -0.1) is 0 Å². The van der Waals surface area contributed by atoms with E-state index in [-0.39, 0.29) is 18.4 Å². The summed E-state index contributed by atoms with van der Waals surface area (Å²) in [7, 11) is 3.36. The quantitative estimate of drug-likeness (QED) is 0.768. The van der Waals surface area contributed by atoms with Gasteiger partial charge in [-0.3, -0.25) is 4.79 Å². The number of methoxy groups -OCH3 is 1. The summed E-state index contributed by atoms with van der Waals surface area (Å²) in [4.78, 5) is 11.7. The zero-order valence-corrected chi connectivity index (χ0v) is 11.3. The summed E-state index contributed by atoms with van der Waals surface area (Å²) < 4.78 is 10.8. The van der Waals surface area contributed by atoms with Gasteiger partial charge < -0.3 is 20.5 Å². The Morgan fingerprint density at radius 2 is 1.95 bits per heavy atom. The largest absolute Gasteiger partial charge is 0.497 e. The summed E-state index contributed by atoms with van der Waals surface area (Å²) in [5.74, 6) is 1.38. The molecule has 1 atom stereocenters. The molecule has 1 aromatic carbocycles. The Morgan fingerprint density at radius 3 is 2.37 bits per heavy atom. The minimum atomic E-state index is -0.764. The Morgan fingerprint density at radius 1 is 1.37 bits per heavy atom. The van der Waals surface area contributed by atoms with E-state index >= 15 is 0 Å². The van der Waals surface area contributed by atoms with Crippen molar-refractivity contribution in [2.75, 3.05) is 20.8 Å². The molecule has 104 valence electrons. The number of rotatable bonds is 7. The van der Waals surface area contributed by atoms with Crippen LogP contribution >= 0.6 is 0 Å². The Bertz CT molecular complexity index is 443. The van der Waals surface area contributed by atoms with Crippen molar-refractivity contribution in [3.05, 3.63) is 24.3 Å². The maximum Gasteiger partial charge on any atom is 0.241 e. The van der Waals surface area contributed by atoms with Crippen LogP contribution in [0.2, 0.25) is 0 Å². The molecule has 1 unspecified atom stereocenters. The Kier molecular flexibility index (Phi) is 3.95. The predicted octanol–water partition coefficient (Wildman–Crippen LogP) is 0.927. The number of hydrogen-bond acceptors (Lipinski definition) is 4. The first-order valence-corrected chi connectivity index (χ1v) is 6.38. The van der Waals surface area contributed by atoms with Crippen molar-refractivity contribution in [1.82, 2.24) is 5.32 Å². The van der Waals surface area contributed by atoms with E-state index in [0.29, 0.717) is 5.75 Å². The summed E-state index contributed by atoms with van der Waals surface area (Å²) in [5, 5.41) is 3.05. The molecule has 0 radical (unpaired) electrons. The fourth-order valence-electron chi connectivity index (χ4n) is 2.23. The van der Waals surface area contributed by atoms with E-state index < -0.39 is 5.54 Å². The molecule has 2 rings (SSSR count). The molecule has 0 aliphatic heterocycles. The molecule has 1 fully saturated rings. The lowest BCUT2D eigenvalue weighted by molar-refractivity contribution is -0.126. The number of benzene rings is 1. The van der Waals surface area contributed by atoms with E-state index in [2.05, 4.69) is 5.32 Å². The van der Waals surface area contributed by atoms with Gasteiger partial charge >= 0.3 is 0 Å². The number of likely N-dealkylation sites (N-methyl/N-ethyl adjacent to an activating group) is 1. The van der Waals surface area contributed by atoms with Crippen LogP contribution in [0.4, 0.5) is 0 Å². The molecule has 5 heteroatoms. The van der Waals surface area contributed by atoms with Crippen LogP contribution < -0.4 is 20.5 Å². The van der Waals surface area contributed by atoms with Crippen molar-refractivity contribution in [2.45, 2.75) is 18.4 Å². The Balaban J connectivity index is 2.03. The number of amides is 1. The van der Waals surface area contributed by atoms with Gasteiger partial charge in [-0.2, -0.15) is 0 Å². The normalized spacial score (nSPS) is 17.6. The SMILES string of the molecule is CNC(COc1ccc(OC)cc1)(C(N)=O)C1CC1. The molecule has 0 spiro atoms. The lowest BCUT2D eigenvalue weighted by atomic mass is 9.93. The molecular formula is C14H20N2O3. The van der Waals surface area contributed by atoms with Crippen molar-refractivity contribution in [3.8, 4) is 11.5 Å². The average molecular weight is 264 g/mol. The minimum Gasteiger partial charge on any atom is -0.497 e. The van der Waals surface area contributed by atoms with Gasteiger partial charge in [0.2, 0.25) is 5.91 Å². The summed E-state index contributed by atoms with van der Waals surface area (Å²) >= 11 is 0. The molecule has 3 N–H and O–H groups in total.